The Labute approximate surface area is 209 Å². The van der Waals surface area contributed by atoms with E-state index in [0.29, 0.717) is 31.6 Å². The molecule has 0 spiro atoms. The summed E-state index contributed by atoms with van der Waals surface area (Å²) < 4.78 is 28.1. The van der Waals surface area contributed by atoms with Crippen LogP contribution in [-0.4, -0.2) is 51.8 Å². The number of rotatable bonds is 6. The Kier molecular flexibility index (Phi) is 5.92. The minimum atomic E-state index is -1.19. The molecular weight excluding hydrogens is 461 g/mol. The number of ether oxygens (including phenoxy) is 2. The van der Waals surface area contributed by atoms with Crippen LogP contribution in [0.4, 0.5) is 4.39 Å². The first-order valence-corrected chi connectivity index (χ1v) is 12.2. The normalized spacial score (nSPS) is 20.9. The van der Waals surface area contributed by atoms with Gasteiger partial charge in [-0.1, -0.05) is 13.8 Å². The topological polar surface area (TPSA) is 89.4 Å². The number of halogens is 1. The summed E-state index contributed by atoms with van der Waals surface area (Å²) >= 11 is 0. The van der Waals surface area contributed by atoms with E-state index in [9.17, 15) is 14.3 Å². The van der Waals surface area contributed by atoms with Gasteiger partial charge in [-0.25, -0.2) is 9.18 Å². The molecule has 4 aromatic rings. The maximum Gasteiger partial charge on any atom is 0.335 e. The molecule has 1 aliphatic heterocycles. The van der Waals surface area contributed by atoms with Crippen molar-refractivity contribution in [3.8, 4) is 5.69 Å². The lowest BCUT2D eigenvalue weighted by Crippen LogP contribution is -2.43. The molecule has 36 heavy (non-hydrogen) atoms. The second-order valence-corrected chi connectivity index (χ2v) is 10.8. The zero-order chi connectivity index (χ0) is 25.8. The van der Waals surface area contributed by atoms with Gasteiger partial charge in [-0.15, -0.1) is 0 Å². The zero-order valence-corrected chi connectivity index (χ0v) is 21.3. The molecule has 1 saturated heterocycles. The van der Waals surface area contributed by atoms with Crippen LogP contribution in [0.15, 0.2) is 36.5 Å². The molecule has 3 heterocycles. The molecule has 1 fully saturated rings. The van der Waals surface area contributed by atoms with Crippen LogP contribution >= 0.6 is 0 Å². The molecule has 2 aromatic heterocycles. The van der Waals surface area contributed by atoms with E-state index >= 15 is 0 Å². The highest BCUT2D eigenvalue weighted by molar-refractivity contribution is 5.99. The number of fused-ring (bicyclic) bond motifs is 2. The Morgan fingerprint density at radius 3 is 2.78 bits per heavy atom. The number of aromatic amines is 1. The summed E-state index contributed by atoms with van der Waals surface area (Å²) in [7, 11) is 1.69. The molecule has 2 atom stereocenters. The van der Waals surface area contributed by atoms with Crippen molar-refractivity contribution in [1.82, 2.24) is 14.8 Å². The van der Waals surface area contributed by atoms with Gasteiger partial charge < -0.3 is 19.1 Å². The number of hydrogen-bond acceptors (Lipinski definition) is 4. The Hall–Kier alpha value is -3.23. The molecule has 0 unspecified atom stereocenters. The molecule has 8 heteroatoms. The van der Waals surface area contributed by atoms with Gasteiger partial charge in [0, 0.05) is 40.6 Å². The van der Waals surface area contributed by atoms with Gasteiger partial charge in [0.15, 0.2) is 5.60 Å². The van der Waals surface area contributed by atoms with Gasteiger partial charge in [-0.2, -0.15) is 5.10 Å². The molecular formula is C28H32FN3O4. The lowest BCUT2D eigenvalue weighted by atomic mass is 9.79. The molecule has 0 radical (unpaired) electrons. The Balaban J connectivity index is 1.82. The van der Waals surface area contributed by atoms with Crippen molar-refractivity contribution >= 4 is 27.8 Å². The Morgan fingerprint density at radius 2 is 2.14 bits per heavy atom. The second-order valence-electron chi connectivity index (χ2n) is 10.8. The predicted molar refractivity (Wildman–Crippen MR) is 136 cm³/mol. The number of carboxylic acid groups (broad SMARTS) is 1. The van der Waals surface area contributed by atoms with E-state index in [1.165, 1.54) is 6.07 Å². The number of carbonyl (C=O) groups is 1. The molecule has 7 nitrogen and oxygen atoms in total. The number of nitrogens with zero attached hydrogens (tertiary/aromatic N) is 2. The average Bonchev–Trinajstić information content (AvgIpc) is 3.42. The first-order valence-electron chi connectivity index (χ1n) is 12.2. The fraction of sp³-hybridized carbons (Fsp3) is 0.429. The third-order valence-corrected chi connectivity index (χ3v) is 7.55. The number of H-pyrrole nitrogens is 1. The molecule has 1 aliphatic rings. The smallest absolute Gasteiger partial charge is 0.335 e. The standard InChI is InChI=1S/C28H32FN3O4/c1-16-10-19(6-7-21(16)29)32-23-11-18-13-30-31-22(18)12-20(23)24(25(32)27(2,3)15-35-5)17-8-9-28(4,26(33)34)36-14-17/h6-7,10-13,17H,8-9,14-15H2,1-5H3,(H,30,31)(H,33,34)/t17-,28+/m0/s1. The van der Waals surface area contributed by atoms with Gasteiger partial charge in [0.2, 0.25) is 0 Å². The van der Waals surface area contributed by atoms with E-state index in [0.717, 1.165) is 38.8 Å². The number of methoxy groups -OCH3 is 1. The third-order valence-electron chi connectivity index (χ3n) is 7.55. The van der Waals surface area contributed by atoms with Gasteiger partial charge in [-0.05, 0) is 68.1 Å². The van der Waals surface area contributed by atoms with E-state index in [4.69, 9.17) is 9.47 Å². The van der Waals surface area contributed by atoms with Crippen LogP contribution in [0.25, 0.3) is 27.5 Å². The summed E-state index contributed by atoms with van der Waals surface area (Å²) in [6, 6.07) is 9.38. The van der Waals surface area contributed by atoms with E-state index in [1.807, 2.05) is 6.07 Å². The van der Waals surface area contributed by atoms with Gasteiger partial charge in [-0.3, -0.25) is 5.10 Å². The number of nitrogens with one attached hydrogen (secondary N) is 1. The first-order chi connectivity index (χ1) is 17.1. The fourth-order valence-electron chi connectivity index (χ4n) is 5.58. The summed E-state index contributed by atoms with van der Waals surface area (Å²) in [6.45, 7) is 8.44. The number of aliphatic carboxylic acids is 1. The van der Waals surface area contributed by atoms with E-state index in [1.54, 1.807) is 33.2 Å². The first kappa shape index (κ1) is 24.5. The summed E-state index contributed by atoms with van der Waals surface area (Å²) in [4.78, 5) is 11.8. The lowest BCUT2D eigenvalue weighted by Gasteiger charge is -2.36. The Morgan fingerprint density at radius 1 is 1.36 bits per heavy atom. The maximum absolute atomic E-state index is 14.3. The highest BCUT2D eigenvalue weighted by Crippen LogP contribution is 2.46. The lowest BCUT2D eigenvalue weighted by molar-refractivity contribution is -0.170. The summed E-state index contributed by atoms with van der Waals surface area (Å²) in [6.07, 6.45) is 2.87. The maximum atomic E-state index is 14.3. The predicted octanol–water partition coefficient (Wildman–Crippen LogP) is 5.62. The minimum absolute atomic E-state index is 0.0192. The van der Waals surface area contributed by atoms with E-state index in [2.05, 4.69) is 40.7 Å². The van der Waals surface area contributed by atoms with Crippen LogP contribution in [0, 0.1) is 12.7 Å². The van der Waals surface area contributed by atoms with Gasteiger partial charge in [0.1, 0.15) is 5.82 Å². The molecule has 190 valence electrons. The van der Waals surface area contributed by atoms with Gasteiger partial charge >= 0.3 is 5.97 Å². The van der Waals surface area contributed by atoms with Gasteiger partial charge in [0.05, 0.1) is 30.4 Å². The van der Waals surface area contributed by atoms with Crippen molar-refractivity contribution in [1.29, 1.82) is 0 Å². The zero-order valence-electron chi connectivity index (χ0n) is 21.3. The summed E-state index contributed by atoms with van der Waals surface area (Å²) in [5.74, 6) is -1.21. The van der Waals surface area contributed by atoms with Crippen molar-refractivity contribution in [3.63, 3.8) is 0 Å². The number of benzene rings is 2. The van der Waals surface area contributed by atoms with Crippen LogP contribution in [0.3, 0.4) is 0 Å². The van der Waals surface area contributed by atoms with Crippen LogP contribution in [-0.2, 0) is 19.7 Å². The number of aryl methyl sites for hydroxylation is 1. The molecule has 2 N–H and O–H groups in total. The van der Waals surface area contributed by atoms with Crippen molar-refractivity contribution in [2.24, 2.45) is 0 Å². The van der Waals surface area contributed by atoms with Crippen molar-refractivity contribution in [2.45, 2.75) is 57.5 Å². The van der Waals surface area contributed by atoms with Crippen molar-refractivity contribution < 1.29 is 23.8 Å². The summed E-state index contributed by atoms with van der Waals surface area (Å²) in [5, 5.41) is 19.0. The highest BCUT2D eigenvalue weighted by atomic mass is 19.1. The number of hydrogen-bond donors (Lipinski definition) is 2. The van der Waals surface area contributed by atoms with Crippen molar-refractivity contribution in [2.75, 3.05) is 20.3 Å². The molecule has 0 saturated carbocycles. The molecule has 0 aliphatic carbocycles. The fourth-order valence-corrected chi connectivity index (χ4v) is 5.58. The monoisotopic (exact) mass is 493 g/mol. The van der Waals surface area contributed by atoms with Crippen LogP contribution in [0.2, 0.25) is 0 Å². The molecule has 5 rings (SSSR count). The van der Waals surface area contributed by atoms with Gasteiger partial charge in [0.25, 0.3) is 0 Å². The number of aromatic nitrogens is 3. The highest BCUT2D eigenvalue weighted by Gasteiger charge is 2.42. The second kappa shape index (κ2) is 8.71. The minimum Gasteiger partial charge on any atom is -0.479 e. The molecule has 0 amide bonds. The Bertz CT molecular complexity index is 1460. The van der Waals surface area contributed by atoms with Crippen LogP contribution in [0.5, 0.6) is 0 Å². The SMILES string of the molecule is COCC(C)(C)c1c([C@H]2CC[C@](C)(C(=O)O)OC2)c2cc3[nH]ncc3cc2n1-c1ccc(F)c(C)c1. The number of carboxylic acids is 1. The van der Waals surface area contributed by atoms with Crippen LogP contribution in [0.1, 0.15) is 56.4 Å². The van der Waals surface area contributed by atoms with Crippen molar-refractivity contribution in [3.05, 3.63) is 59.2 Å². The third kappa shape index (κ3) is 3.89. The quantitative estimate of drug-likeness (QED) is 0.364. The van der Waals surface area contributed by atoms with E-state index < -0.39 is 17.0 Å². The van der Waals surface area contributed by atoms with Crippen LogP contribution < -0.4 is 0 Å². The average molecular weight is 494 g/mol. The molecule has 2 aromatic carbocycles. The largest absolute Gasteiger partial charge is 0.479 e. The molecule has 0 bridgehead atoms. The van der Waals surface area contributed by atoms with E-state index in [-0.39, 0.29) is 11.7 Å². The summed E-state index contributed by atoms with van der Waals surface area (Å²) in [5.41, 5.74) is 3.88.